The van der Waals surface area contributed by atoms with Gasteiger partial charge in [-0.15, -0.1) is 0 Å². The molecule has 3 heterocycles. The second-order valence-corrected chi connectivity index (χ2v) is 8.25. The van der Waals surface area contributed by atoms with Gasteiger partial charge in [0.25, 0.3) is 0 Å². The molecule has 2 N–H and O–H groups in total. The van der Waals surface area contributed by atoms with Crippen LogP contribution in [0.3, 0.4) is 0 Å². The molecule has 3 aliphatic rings. The normalized spacial score (nSPS) is 24.5. The van der Waals surface area contributed by atoms with Crippen LogP contribution in [-0.4, -0.2) is 58.9 Å². The average molecular weight is 396 g/mol. The Hall–Kier alpha value is -2.22. The first-order valence-electron chi connectivity index (χ1n) is 10.6. The number of ether oxygens (including phenoxy) is 2. The lowest BCUT2D eigenvalue weighted by molar-refractivity contribution is -0.180. The molecule has 1 atom stereocenters. The fourth-order valence-corrected chi connectivity index (χ4v) is 4.94. The minimum Gasteiger partial charge on any atom is -0.352 e. The van der Waals surface area contributed by atoms with E-state index < -0.39 is 0 Å². The molecule has 29 heavy (non-hydrogen) atoms. The number of H-pyrrole nitrogens is 1. The first kappa shape index (κ1) is 18.8. The number of aromatic amines is 1. The second kappa shape index (κ2) is 7.89. The van der Waals surface area contributed by atoms with Crippen molar-refractivity contribution in [2.24, 2.45) is 0 Å². The van der Waals surface area contributed by atoms with Crippen LogP contribution < -0.4 is 5.32 Å². The number of amides is 1. The third-order valence-electron chi connectivity index (χ3n) is 6.41. The number of fused-ring (bicyclic) bond motifs is 1. The summed E-state index contributed by atoms with van der Waals surface area (Å²) in [7, 11) is 0. The summed E-state index contributed by atoms with van der Waals surface area (Å²) in [4.78, 5) is 22.9. The molecule has 1 aromatic heterocycles. The van der Waals surface area contributed by atoms with Crippen molar-refractivity contribution in [3.05, 3.63) is 53.6 Å². The molecule has 2 aromatic rings. The second-order valence-electron chi connectivity index (χ2n) is 8.25. The predicted molar refractivity (Wildman–Crippen MR) is 107 cm³/mol. The van der Waals surface area contributed by atoms with Crippen LogP contribution in [-0.2, 0) is 20.7 Å². The number of rotatable bonds is 4. The lowest BCUT2D eigenvalue weighted by Gasteiger charge is -2.37. The van der Waals surface area contributed by atoms with Crippen LogP contribution >= 0.6 is 0 Å². The van der Waals surface area contributed by atoms with E-state index >= 15 is 0 Å². The molecule has 2 aliphatic heterocycles. The fourth-order valence-electron chi connectivity index (χ4n) is 4.94. The van der Waals surface area contributed by atoms with Gasteiger partial charge in [-0.3, -0.25) is 9.69 Å². The number of carbonyl (C=O) groups is 1. The molecule has 1 unspecified atom stereocenters. The van der Waals surface area contributed by atoms with Gasteiger partial charge in [-0.2, -0.15) is 0 Å². The molecule has 0 bridgehead atoms. The van der Waals surface area contributed by atoms with Gasteiger partial charge in [-0.25, -0.2) is 4.98 Å². The van der Waals surface area contributed by atoms with Gasteiger partial charge in [0.15, 0.2) is 5.79 Å². The Morgan fingerprint density at radius 1 is 1.21 bits per heavy atom. The molecule has 2 fully saturated rings. The van der Waals surface area contributed by atoms with Gasteiger partial charge < -0.3 is 19.8 Å². The maximum atomic E-state index is 12.9. The zero-order chi connectivity index (χ0) is 19.7. The summed E-state index contributed by atoms with van der Waals surface area (Å²) in [5.41, 5.74) is 3.37. The number of aromatic nitrogens is 2. The number of nitrogens with zero attached hydrogens (tertiary/aromatic N) is 2. The van der Waals surface area contributed by atoms with E-state index in [0.29, 0.717) is 19.8 Å². The highest BCUT2D eigenvalue weighted by Gasteiger charge is 2.40. The van der Waals surface area contributed by atoms with Gasteiger partial charge in [0.05, 0.1) is 37.8 Å². The molecule has 1 saturated heterocycles. The lowest BCUT2D eigenvalue weighted by atomic mass is 9.90. The molecular weight excluding hydrogens is 368 g/mol. The Bertz CT molecular complexity index is 837. The van der Waals surface area contributed by atoms with Crippen molar-refractivity contribution in [3.63, 3.8) is 0 Å². The maximum Gasteiger partial charge on any atom is 0.234 e. The lowest BCUT2D eigenvalue weighted by Crippen LogP contribution is -2.48. The van der Waals surface area contributed by atoms with Crippen molar-refractivity contribution in [1.29, 1.82) is 0 Å². The number of hydrogen-bond acceptors (Lipinski definition) is 5. The molecule has 1 spiro atoms. The first-order chi connectivity index (χ1) is 14.2. The molecule has 1 aliphatic carbocycles. The summed E-state index contributed by atoms with van der Waals surface area (Å²) in [5, 5.41) is 3.24. The van der Waals surface area contributed by atoms with Crippen LogP contribution in [0.1, 0.15) is 48.7 Å². The van der Waals surface area contributed by atoms with Crippen LogP contribution in [0.25, 0.3) is 0 Å². The van der Waals surface area contributed by atoms with E-state index in [-0.39, 0.29) is 23.8 Å². The SMILES string of the molecule is O=C(CN1CCc2[nH]cnc2C1c1ccccc1)NC1CCC2(CC1)OCCO2. The van der Waals surface area contributed by atoms with E-state index in [1.807, 2.05) is 18.2 Å². The fraction of sp³-hybridized carbons (Fsp3) is 0.545. The summed E-state index contributed by atoms with van der Waals surface area (Å²) in [6.07, 6.45) is 6.15. The Kier molecular flexibility index (Phi) is 5.11. The number of benzene rings is 1. The van der Waals surface area contributed by atoms with E-state index in [1.165, 1.54) is 11.3 Å². The standard InChI is InChI=1S/C22H28N4O3/c27-19(25-17-6-9-22(10-7-17)28-12-13-29-22)14-26-11-8-18-20(24-15-23-18)21(26)16-4-2-1-3-5-16/h1-5,15,17,21H,6-14H2,(H,23,24)(H,25,27). The molecule has 0 radical (unpaired) electrons. The minimum atomic E-state index is -0.386. The molecule has 1 aromatic carbocycles. The quantitative estimate of drug-likeness (QED) is 0.828. The van der Waals surface area contributed by atoms with Crippen molar-refractivity contribution in [3.8, 4) is 0 Å². The Balaban J connectivity index is 1.24. The van der Waals surface area contributed by atoms with Crippen molar-refractivity contribution in [1.82, 2.24) is 20.2 Å². The third-order valence-corrected chi connectivity index (χ3v) is 6.41. The summed E-state index contributed by atoms with van der Waals surface area (Å²) in [6.45, 7) is 2.57. The van der Waals surface area contributed by atoms with Gasteiger partial charge in [0.1, 0.15) is 0 Å². The van der Waals surface area contributed by atoms with Crippen LogP contribution in [0.5, 0.6) is 0 Å². The highest BCUT2D eigenvalue weighted by Crippen LogP contribution is 2.36. The van der Waals surface area contributed by atoms with Crippen molar-refractivity contribution in [2.45, 2.75) is 50.0 Å². The van der Waals surface area contributed by atoms with Gasteiger partial charge in [0, 0.05) is 37.5 Å². The smallest absolute Gasteiger partial charge is 0.234 e. The third kappa shape index (κ3) is 3.82. The van der Waals surface area contributed by atoms with Crippen LogP contribution in [0.4, 0.5) is 0 Å². The molecular formula is C22H28N4O3. The highest BCUT2D eigenvalue weighted by molar-refractivity contribution is 5.78. The van der Waals surface area contributed by atoms with Crippen molar-refractivity contribution >= 4 is 5.91 Å². The molecule has 7 nitrogen and oxygen atoms in total. The van der Waals surface area contributed by atoms with Gasteiger partial charge in [-0.05, 0) is 18.4 Å². The number of carbonyl (C=O) groups excluding carboxylic acids is 1. The van der Waals surface area contributed by atoms with Crippen LogP contribution in [0.2, 0.25) is 0 Å². The zero-order valence-electron chi connectivity index (χ0n) is 16.6. The predicted octanol–water partition coefficient (Wildman–Crippen LogP) is 2.16. The summed E-state index contributed by atoms with van der Waals surface area (Å²) in [5.74, 6) is -0.304. The van der Waals surface area contributed by atoms with Crippen molar-refractivity contribution < 1.29 is 14.3 Å². The van der Waals surface area contributed by atoms with Crippen LogP contribution in [0, 0.1) is 0 Å². The molecule has 5 rings (SSSR count). The first-order valence-corrected chi connectivity index (χ1v) is 10.6. The van der Waals surface area contributed by atoms with Crippen LogP contribution in [0.15, 0.2) is 36.7 Å². The largest absolute Gasteiger partial charge is 0.352 e. The highest BCUT2D eigenvalue weighted by atomic mass is 16.7. The average Bonchev–Trinajstić information content (AvgIpc) is 3.40. The minimum absolute atomic E-state index is 0.00636. The number of hydrogen-bond donors (Lipinski definition) is 2. The van der Waals surface area contributed by atoms with Crippen molar-refractivity contribution in [2.75, 3.05) is 26.3 Å². The van der Waals surface area contributed by atoms with E-state index in [2.05, 4.69) is 32.3 Å². The molecule has 1 saturated carbocycles. The number of nitrogens with one attached hydrogen (secondary N) is 2. The molecule has 7 heteroatoms. The van der Waals surface area contributed by atoms with E-state index in [4.69, 9.17) is 9.47 Å². The van der Waals surface area contributed by atoms with Gasteiger partial charge in [0.2, 0.25) is 5.91 Å². The topological polar surface area (TPSA) is 79.5 Å². The summed E-state index contributed by atoms with van der Waals surface area (Å²) < 4.78 is 11.6. The van der Waals surface area contributed by atoms with E-state index in [0.717, 1.165) is 44.3 Å². The molecule has 154 valence electrons. The summed E-state index contributed by atoms with van der Waals surface area (Å²) >= 11 is 0. The monoisotopic (exact) mass is 396 g/mol. The maximum absolute atomic E-state index is 12.9. The van der Waals surface area contributed by atoms with E-state index in [1.54, 1.807) is 6.33 Å². The number of imidazole rings is 1. The Morgan fingerprint density at radius 2 is 1.97 bits per heavy atom. The zero-order valence-corrected chi connectivity index (χ0v) is 16.6. The van der Waals surface area contributed by atoms with Gasteiger partial charge in [-0.1, -0.05) is 30.3 Å². The van der Waals surface area contributed by atoms with Gasteiger partial charge >= 0.3 is 0 Å². The summed E-state index contributed by atoms with van der Waals surface area (Å²) in [6, 6.07) is 10.5. The Morgan fingerprint density at radius 3 is 2.72 bits per heavy atom. The Labute approximate surface area is 170 Å². The van der Waals surface area contributed by atoms with E-state index in [9.17, 15) is 4.79 Å². The molecule has 1 amide bonds.